The van der Waals surface area contributed by atoms with Crippen LogP contribution in [0.3, 0.4) is 0 Å². The van der Waals surface area contributed by atoms with Gasteiger partial charge in [-0.05, 0) is 64.6 Å². The minimum Gasteiger partial charge on any atom is -0.316 e. The van der Waals surface area contributed by atoms with Gasteiger partial charge in [-0.25, -0.2) is 0 Å². The van der Waals surface area contributed by atoms with E-state index in [4.69, 9.17) is 0 Å². The van der Waals surface area contributed by atoms with Crippen molar-refractivity contribution in [3.8, 4) is 0 Å². The van der Waals surface area contributed by atoms with Crippen LogP contribution in [0.2, 0.25) is 0 Å². The summed E-state index contributed by atoms with van der Waals surface area (Å²) in [5.74, 6) is 1.67. The van der Waals surface area contributed by atoms with Crippen molar-refractivity contribution >= 4 is 0 Å². The Kier molecular flexibility index (Phi) is 6.50. The number of hydrogen-bond acceptors (Lipinski definition) is 2. The summed E-state index contributed by atoms with van der Waals surface area (Å²) in [7, 11) is 0. The van der Waals surface area contributed by atoms with Crippen molar-refractivity contribution in [2.45, 2.75) is 66.0 Å². The molecule has 0 radical (unpaired) electrons. The fourth-order valence-corrected chi connectivity index (χ4v) is 3.03. The van der Waals surface area contributed by atoms with E-state index in [1.54, 1.807) is 0 Å². The third-order valence-electron chi connectivity index (χ3n) is 4.43. The van der Waals surface area contributed by atoms with Gasteiger partial charge in [0.2, 0.25) is 0 Å². The number of nitrogens with zero attached hydrogens (tertiary/aromatic N) is 1. The summed E-state index contributed by atoms with van der Waals surface area (Å²) in [6, 6.07) is 1.48. The van der Waals surface area contributed by atoms with E-state index in [1.807, 2.05) is 0 Å². The summed E-state index contributed by atoms with van der Waals surface area (Å²) in [5.41, 5.74) is 0. The van der Waals surface area contributed by atoms with E-state index >= 15 is 0 Å². The maximum Gasteiger partial charge on any atom is 0.0107 e. The Morgan fingerprint density at radius 3 is 2.59 bits per heavy atom. The average Bonchev–Trinajstić information content (AvgIpc) is 2.28. The second-order valence-corrected chi connectivity index (χ2v) is 6.14. The number of rotatable bonds is 6. The second-order valence-electron chi connectivity index (χ2n) is 6.14. The Balaban J connectivity index is 2.37. The van der Waals surface area contributed by atoms with Crippen LogP contribution >= 0.6 is 0 Å². The summed E-state index contributed by atoms with van der Waals surface area (Å²) >= 11 is 0. The zero-order chi connectivity index (χ0) is 12.8. The molecule has 102 valence electrons. The first-order chi connectivity index (χ1) is 8.06. The molecule has 1 saturated heterocycles. The molecule has 4 atom stereocenters. The van der Waals surface area contributed by atoms with Gasteiger partial charge in [-0.15, -0.1) is 0 Å². The fraction of sp³-hybridized carbons (Fsp3) is 1.00. The van der Waals surface area contributed by atoms with E-state index in [9.17, 15) is 0 Å². The van der Waals surface area contributed by atoms with E-state index in [2.05, 4.69) is 44.8 Å². The molecular formula is C15H32N2. The number of nitrogens with one attached hydrogen (secondary N) is 1. The molecule has 1 rings (SSSR count). The van der Waals surface area contributed by atoms with Gasteiger partial charge in [0.05, 0.1) is 0 Å². The lowest BCUT2D eigenvalue weighted by atomic mass is 9.90. The first-order valence-corrected chi connectivity index (χ1v) is 7.52. The molecule has 0 saturated carbocycles. The van der Waals surface area contributed by atoms with Crippen LogP contribution < -0.4 is 5.32 Å². The van der Waals surface area contributed by atoms with Crippen molar-refractivity contribution in [1.29, 1.82) is 0 Å². The Morgan fingerprint density at radius 1 is 1.29 bits per heavy atom. The maximum atomic E-state index is 3.55. The van der Waals surface area contributed by atoms with Crippen LogP contribution in [0.5, 0.6) is 0 Å². The smallest absolute Gasteiger partial charge is 0.0107 e. The molecule has 0 amide bonds. The molecule has 2 heteroatoms. The molecule has 17 heavy (non-hydrogen) atoms. The van der Waals surface area contributed by atoms with Gasteiger partial charge >= 0.3 is 0 Å². The fourth-order valence-electron chi connectivity index (χ4n) is 3.03. The van der Waals surface area contributed by atoms with E-state index in [0.717, 1.165) is 31.0 Å². The highest BCUT2D eigenvalue weighted by atomic mass is 15.2. The Morgan fingerprint density at radius 2 is 2.00 bits per heavy atom. The van der Waals surface area contributed by atoms with E-state index < -0.39 is 0 Å². The number of piperidine rings is 1. The van der Waals surface area contributed by atoms with E-state index in [0.29, 0.717) is 6.04 Å². The van der Waals surface area contributed by atoms with Gasteiger partial charge < -0.3 is 5.32 Å². The zero-order valence-corrected chi connectivity index (χ0v) is 12.5. The highest BCUT2D eigenvalue weighted by Crippen LogP contribution is 2.26. The van der Waals surface area contributed by atoms with Gasteiger partial charge in [-0.2, -0.15) is 0 Å². The van der Waals surface area contributed by atoms with Gasteiger partial charge in [0, 0.05) is 12.1 Å². The second kappa shape index (κ2) is 7.38. The molecule has 0 aromatic heterocycles. The lowest BCUT2D eigenvalue weighted by molar-refractivity contribution is 0.0642. The molecule has 4 unspecified atom stereocenters. The SMILES string of the molecule is CCCNCC(C)C(C)N1CCC(C)CC1C. The molecule has 0 aliphatic carbocycles. The molecular weight excluding hydrogens is 208 g/mol. The monoisotopic (exact) mass is 240 g/mol. The molecule has 0 spiro atoms. The molecule has 1 aliphatic rings. The molecule has 0 aromatic carbocycles. The number of likely N-dealkylation sites (tertiary alicyclic amines) is 1. The summed E-state index contributed by atoms with van der Waals surface area (Å²) in [6.45, 7) is 15.4. The van der Waals surface area contributed by atoms with Gasteiger partial charge in [0.1, 0.15) is 0 Å². The van der Waals surface area contributed by atoms with Crippen LogP contribution in [0.25, 0.3) is 0 Å². The largest absolute Gasteiger partial charge is 0.316 e. The van der Waals surface area contributed by atoms with Gasteiger partial charge in [0.25, 0.3) is 0 Å². The third-order valence-corrected chi connectivity index (χ3v) is 4.43. The quantitative estimate of drug-likeness (QED) is 0.718. The first-order valence-electron chi connectivity index (χ1n) is 7.52. The molecule has 1 N–H and O–H groups in total. The van der Waals surface area contributed by atoms with Crippen molar-refractivity contribution in [2.75, 3.05) is 19.6 Å². The van der Waals surface area contributed by atoms with Crippen molar-refractivity contribution < 1.29 is 0 Å². The summed E-state index contributed by atoms with van der Waals surface area (Å²) in [5, 5.41) is 3.55. The molecule has 2 nitrogen and oxygen atoms in total. The maximum absolute atomic E-state index is 3.55. The molecule has 1 heterocycles. The Hall–Kier alpha value is -0.0800. The van der Waals surface area contributed by atoms with Crippen LogP contribution in [-0.2, 0) is 0 Å². The lowest BCUT2D eigenvalue weighted by Gasteiger charge is -2.42. The molecule has 0 aromatic rings. The normalized spacial score (nSPS) is 30.2. The van der Waals surface area contributed by atoms with Crippen LogP contribution in [0.1, 0.15) is 53.9 Å². The average molecular weight is 240 g/mol. The van der Waals surface area contributed by atoms with Crippen LogP contribution in [-0.4, -0.2) is 36.6 Å². The van der Waals surface area contributed by atoms with Gasteiger partial charge in [-0.1, -0.05) is 20.8 Å². The highest BCUT2D eigenvalue weighted by Gasteiger charge is 2.28. The summed E-state index contributed by atoms with van der Waals surface area (Å²) in [4.78, 5) is 2.72. The molecule has 1 aliphatic heterocycles. The van der Waals surface area contributed by atoms with E-state index in [1.165, 1.54) is 25.8 Å². The topological polar surface area (TPSA) is 15.3 Å². The van der Waals surface area contributed by atoms with Gasteiger partial charge in [0.15, 0.2) is 0 Å². The minimum atomic E-state index is 0.710. The minimum absolute atomic E-state index is 0.710. The number of hydrogen-bond donors (Lipinski definition) is 1. The van der Waals surface area contributed by atoms with Crippen molar-refractivity contribution in [2.24, 2.45) is 11.8 Å². The Bertz CT molecular complexity index is 205. The summed E-state index contributed by atoms with van der Waals surface area (Å²) in [6.07, 6.45) is 3.99. The van der Waals surface area contributed by atoms with E-state index in [-0.39, 0.29) is 0 Å². The Labute approximate surface area is 108 Å². The van der Waals surface area contributed by atoms with Crippen LogP contribution in [0, 0.1) is 11.8 Å². The molecule has 1 fully saturated rings. The van der Waals surface area contributed by atoms with Crippen molar-refractivity contribution in [3.63, 3.8) is 0 Å². The van der Waals surface area contributed by atoms with Gasteiger partial charge in [-0.3, -0.25) is 4.90 Å². The van der Waals surface area contributed by atoms with Crippen LogP contribution in [0.4, 0.5) is 0 Å². The summed E-state index contributed by atoms with van der Waals surface area (Å²) < 4.78 is 0. The highest BCUT2D eigenvalue weighted by molar-refractivity contribution is 4.83. The van der Waals surface area contributed by atoms with Crippen LogP contribution in [0.15, 0.2) is 0 Å². The standard InChI is InChI=1S/C15H32N2/c1-6-8-16-11-13(3)15(5)17-9-7-12(2)10-14(17)4/h12-16H,6-11H2,1-5H3. The zero-order valence-electron chi connectivity index (χ0n) is 12.5. The van der Waals surface area contributed by atoms with Crippen molar-refractivity contribution in [1.82, 2.24) is 10.2 Å². The predicted octanol–water partition coefficient (Wildman–Crippen LogP) is 3.13. The first kappa shape index (κ1) is 15.0. The predicted molar refractivity (Wildman–Crippen MR) is 76.4 cm³/mol. The molecule has 0 bridgehead atoms. The lowest BCUT2D eigenvalue weighted by Crippen LogP contribution is -2.49. The third kappa shape index (κ3) is 4.59. The van der Waals surface area contributed by atoms with Crippen molar-refractivity contribution in [3.05, 3.63) is 0 Å².